The van der Waals surface area contributed by atoms with Crippen molar-refractivity contribution in [1.82, 2.24) is 19.1 Å². The van der Waals surface area contributed by atoms with Crippen molar-refractivity contribution in [1.29, 1.82) is 0 Å². The number of hydrogen-bond donors (Lipinski definition) is 2. The van der Waals surface area contributed by atoms with Crippen LogP contribution in [0.4, 0.5) is 8.78 Å². The summed E-state index contributed by atoms with van der Waals surface area (Å²) >= 11 is 0. The number of H-pyrrole nitrogens is 2. The van der Waals surface area contributed by atoms with E-state index in [0.717, 1.165) is 40.6 Å². The maximum absolute atomic E-state index is 14.7. The molecule has 2 aliphatic heterocycles. The number of carbonyl (C=O) groups is 2. The van der Waals surface area contributed by atoms with Gasteiger partial charge in [-0.3, -0.25) is 28.7 Å². The fourth-order valence-electron chi connectivity index (χ4n) is 3.95. The first-order valence-corrected chi connectivity index (χ1v) is 10.9. The second kappa shape index (κ2) is 9.85. The van der Waals surface area contributed by atoms with E-state index >= 15 is 0 Å². The van der Waals surface area contributed by atoms with Crippen molar-refractivity contribution in [2.45, 2.75) is 63.7 Å². The minimum Gasteiger partial charge on any atom is -0.343 e. The number of alkyl halides is 2. The van der Waals surface area contributed by atoms with E-state index in [9.17, 15) is 37.5 Å². The second-order valence-electron chi connectivity index (χ2n) is 8.93. The summed E-state index contributed by atoms with van der Waals surface area (Å²) in [4.78, 5) is 70.8. The van der Waals surface area contributed by atoms with E-state index in [1.807, 2.05) is 9.97 Å². The smallest absolute Gasteiger partial charge is 0.330 e. The topological polar surface area (TPSA) is 162 Å². The van der Waals surface area contributed by atoms with Gasteiger partial charge in [0.25, 0.3) is 11.1 Å². The Morgan fingerprint density at radius 2 is 1.31 bits per heavy atom. The molecule has 0 saturated carbocycles. The molecular weight excluding hydrogens is 486 g/mol. The lowest BCUT2D eigenvalue weighted by molar-refractivity contribution is -0.122. The molecule has 0 aromatic carbocycles. The number of ether oxygens (including phenoxy) is 2. The van der Waals surface area contributed by atoms with Gasteiger partial charge in [-0.2, -0.15) is 0 Å². The Bertz CT molecular complexity index is 1420. The molecule has 0 amide bonds. The molecule has 0 spiro atoms. The van der Waals surface area contributed by atoms with Crippen LogP contribution in [0.15, 0.2) is 43.7 Å². The Hall–Kier alpha value is -3.52. The maximum Gasteiger partial charge on any atom is 0.330 e. The van der Waals surface area contributed by atoms with Gasteiger partial charge in [0, 0.05) is 36.4 Å². The number of carbonyl (C=O) groups excluding carboxylic acids is 2. The number of aromatic nitrogens is 4. The monoisotopic (exact) mass is 513 g/mol. The molecule has 0 radical (unpaired) electrons. The zero-order chi connectivity index (χ0) is 27.9. The first-order valence-electron chi connectivity index (χ1n) is 11.4. The Kier molecular flexibility index (Phi) is 7.00. The molecule has 4 rings (SSSR count). The highest BCUT2D eigenvalue weighted by Crippen LogP contribution is 2.44. The van der Waals surface area contributed by atoms with Crippen molar-refractivity contribution < 1.29 is 29.2 Å². The van der Waals surface area contributed by atoms with Gasteiger partial charge in [-0.1, -0.05) is 13.8 Å². The van der Waals surface area contributed by atoms with Crippen molar-refractivity contribution in [3.8, 4) is 0 Å². The minimum atomic E-state index is -2.11. The third kappa shape index (κ3) is 4.78. The Morgan fingerprint density at radius 3 is 1.67 bits per heavy atom. The van der Waals surface area contributed by atoms with Gasteiger partial charge in [0.1, 0.15) is 24.8 Å². The molecule has 2 fully saturated rings. The van der Waals surface area contributed by atoms with Gasteiger partial charge >= 0.3 is 11.4 Å². The van der Waals surface area contributed by atoms with Gasteiger partial charge in [-0.25, -0.2) is 18.4 Å². The summed E-state index contributed by atoms with van der Waals surface area (Å²) in [7, 11) is 0. The maximum atomic E-state index is 14.7. The lowest BCUT2D eigenvalue weighted by Crippen LogP contribution is -2.40. The number of rotatable bonds is 4. The Labute approximate surface area is 203 Å². The standard InChI is InChI=1S/2C11H13FN2O4/c2*1-6-7(5-15)18-9(11(6,2)12)14-4-3-8(16)13-10(14)17/h2*3-7,9H,1-2H3,(H,13,16,17)/t2*6-,7-,9-,11-/m11/s1/i7D;. The number of halogens is 2. The van der Waals surface area contributed by atoms with Crippen molar-refractivity contribution >= 4 is 12.6 Å². The average Bonchev–Trinajstić information content (AvgIpc) is 3.16. The zero-order valence-corrected chi connectivity index (χ0v) is 19.8. The number of nitrogens with one attached hydrogen (secondary N) is 2. The third-order valence-corrected chi connectivity index (χ3v) is 6.61. The molecule has 8 atom stereocenters. The van der Waals surface area contributed by atoms with Gasteiger partial charge in [-0.05, 0) is 13.8 Å². The van der Waals surface area contributed by atoms with Crippen LogP contribution in [0.1, 0.15) is 41.5 Å². The first kappa shape index (κ1) is 25.6. The van der Waals surface area contributed by atoms with Crippen LogP contribution in [0.3, 0.4) is 0 Å². The van der Waals surface area contributed by atoms with Crippen LogP contribution in [-0.4, -0.2) is 55.2 Å². The van der Waals surface area contributed by atoms with Crippen molar-refractivity contribution in [3.63, 3.8) is 0 Å². The normalized spacial score (nSPS) is 38.1. The molecule has 0 aliphatic carbocycles. The minimum absolute atomic E-state index is 0.201. The predicted octanol–water partition coefficient (Wildman–Crippen LogP) is -0.00560. The number of aldehydes is 2. The third-order valence-electron chi connectivity index (χ3n) is 6.61. The molecule has 4 heterocycles. The van der Waals surface area contributed by atoms with E-state index in [1.165, 1.54) is 20.8 Å². The molecule has 0 bridgehead atoms. The van der Waals surface area contributed by atoms with Gasteiger partial charge in [0.05, 0.1) is 1.37 Å². The van der Waals surface area contributed by atoms with Gasteiger partial charge in [0.2, 0.25) is 0 Å². The molecule has 2 aromatic heterocycles. The molecule has 0 unspecified atom stereocenters. The highest BCUT2D eigenvalue weighted by atomic mass is 19.1. The summed E-state index contributed by atoms with van der Waals surface area (Å²) in [6.07, 6.45) is -2.71. The van der Waals surface area contributed by atoms with Crippen molar-refractivity contribution in [2.75, 3.05) is 0 Å². The molecule has 36 heavy (non-hydrogen) atoms. The van der Waals surface area contributed by atoms with Gasteiger partial charge in [-0.15, -0.1) is 0 Å². The van der Waals surface area contributed by atoms with E-state index in [-0.39, 0.29) is 6.29 Å². The largest absolute Gasteiger partial charge is 0.343 e. The van der Waals surface area contributed by atoms with Crippen molar-refractivity contribution in [3.05, 3.63) is 66.2 Å². The number of aromatic amines is 2. The van der Waals surface area contributed by atoms with Gasteiger partial charge < -0.3 is 19.1 Å². The molecule has 2 aromatic rings. The summed E-state index contributed by atoms with van der Waals surface area (Å²) in [6.45, 7) is 5.32. The van der Waals surface area contributed by atoms with Crippen LogP contribution in [0.5, 0.6) is 0 Å². The summed E-state index contributed by atoms with van der Waals surface area (Å²) in [6, 6.07) is 2.14. The molecule has 14 heteroatoms. The summed E-state index contributed by atoms with van der Waals surface area (Å²) in [5.41, 5.74) is -6.81. The van der Waals surface area contributed by atoms with E-state index in [1.54, 1.807) is 0 Å². The summed E-state index contributed by atoms with van der Waals surface area (Å²) in [5, 5.41) is 0. The zero-order valence-electron chi connectivity index (χ0n) is 20.8. The Balaban J connectivity index is 0.000000206. The molecule has 2 aliphatic rings. The molecule has 2 saturated heterocycles. The van der Waals surface area contributed by atoms with E-state index in [4.69, 9.17) is 10.8 Å². The van der Waals surface area contributed by atoms with Crippen LogP contribution in [0, 0.1) is 11.8 Å². The SMILES string of the molecule is C[C@@H]1[C@@H](C=O)O[C@@H](n2ccc(=O)[nH]c2=O)[C@]1(C)F.[2H][C@]1(C=O)O[C@@H](n2ccc(=O)[nH]c2=O)[C@](C)(F)[C@@H]1C. The van der Waals surface area contributed by atoms with E-state index < -0.39 is 70.3 Å². The molecule has 196 valence electrons. The fourth-order valence-corrected chi connectivity index (χ4v) is 3.95. The van der Waals surface area contributed by atoms with Crippen LogP contribution < -0.4 is 22.5 Å². The van der Waals surface area contributed by atoms with Crippen LogP contribution in [-0.2, 0) is 19.1 Å². The predicted molar refractivity (Wildman–Crippen MR) is 120 cm³/mol. The average molecular weight is 513 g/mol. The molecule has 2 N–H and O–H groups in total. The van der Waals surface area contributed by atoms with Gasteiger partial charge in [0.15, 0.2) is 23.8 Å². The molecule has 12 nitrogen and oxygen atoms in total. The van der Waals surface area contributed by atoms with E-state index in [0.29, 0.717) is 6.29 Å². The van der Waals surface area contributed by atoms with Crippen molar-refractivity contribution in [2.24, 2.45) is 11.8 Å². The second-order valence-corrected chi connectivity index (χ2v) is 8.93. The lowest BCUT2D eigenvalue weighted by Gasteiger charge is -2.25. The number of nitrogens with zero attached hydrogens (tertiary/aromatic N) is 2. The first-order chi connectivity index (χ1) is 17.1. The van der Waals surface area contributed by atoms with E-state index in [2.05, 4.69) is 0 Å². The quantitative estimate of drug-likeness (QED) is 0.540. The van der Waals surface area contributed by atoms with Crippen LogP contribution in [0.2, 0.25) is 0 Å². The highest BCUT2D eigenvalue weighted by Gasteiger charge is 2.54. The molecular formula is C22H26F2N4O8. The van der Waals surface area contributed by atoms with Crippen LogP contribution >= 0.6 is 0 Å². The highest BCUT2D eigenvalue weighted by molar-refractivity contribution is 5.58. The summed E-state index contributed by atoms with van der Waals surface area (Å²) in [5.74, 6) is -1.75. The fraction of sp³-hybridized carbons (Fsp3) is 0.545. The summed E-state index contributed by atoms with van der Waals surface area (Å²) < 4.78 is 49.1. The lowest BCUT2D eigenvalue weighted by atomic mass is 9.90. The Morgan fingerprint density at radius 1 is 0.861 bits per heavy atom. The van der Waals surface area contributed by atoms with Crippen LogP contribution in [0.25, 0.3) is 0 Å². The number of hydrogen-bond acceptors (Lipinski definition) is 8.